The number of halogens is 6. The number of ether oxygens (including phenoxy) is 1. The van der Waals surface area contributed by atoms with E-state index in [-0.39, 0.29) is 17.1 Å². The molecule has 2 nitrogen and oxygen atoms in total. The Morgan fingerprint density at radius 2 is 1.47 bits per heavy atom. The second-order valence-corrected chi connectivity index (χ2v) is 8.98. The van der Waals surface area contributed by atoms with Crippen molar-refractivity contribution < 1.29 is 52.3 Å². The molecule has 10 heteroatoms. The molecule has 0 bridgehead atoms. The molecule has 0 aliphatic heterocycles. The minimum atomic E-state index is -10.7. The summed E-state index contributed by atoms with van der Waals surface area (Å²) in [6.45, 7) is 2.76. The Balaban J connectivity index is 0.000000689. The number of rotatable bonds is 9. The summed E-state index contributed by atoms with van der Waals surface area (Å²) in [5.74, 6) is 3.58. The topological polar surface area (TPSA) is 25.8 Å². The van der Waals surface area contributed by atoms with Gasteiger partial charge in [0.05, 0.1) is 13.2 Å². The largest absolute Gasteiger partial charge is 2.00 e. The van der Waals surface area contributed by atoms with Gasteiger partial charge in [-0.05, 0) is 37.1 Å². The van der Waals surface area contributed by atoms with Crippen molar-refractivity contribution in [2.24, 2.45) is 0 Å². The molecule has 0 saturated carbocycles. The van der Waals surface area contributed by atoms with Crippen LogP contribution in [0.15, 0.2) is 78.9 Å². The average molecular weight is 547 g/mol. The maximum Gasteiger partial charge on any atom is 2.00 e. The second kappa shape index (κ2) is 14.2. The van der Waals surface area contributed by atoms with Crippen LogP contribution in [-0.2, 0) is 30.2 Å². The van der Waals surface area contributed by atoms with Crippen LogP contribution in [-0.4, -0.2) is 6.61 Å². The fourth-order valence-electron chi connectivity index (χ4n) is 2.52. The van der Waals surface area contributed by atoms with Crippen LogP contribution in [0.5, 0.6) is 5.75 Å². The van der Waals surface area contributed by atoms with Crippen molar-refractivity contribution in [3.63, 3.8) is 0 Å². The Morgan fingerprint density at radius 1 is 0.853 bits per heavy atom. The van der Waals surface area contributed by atoms with E-state index >= 15 is 0 Å². The van der Waals surface area contributed by atoms with E-state index in [1.54, 1.807) is 0 Å². The van der Waals surface area contributed by atoms with Crippen molar-refractivity contribution in [3.05, 3.63) is 90.0 Å². The summed E-state index contributed by atoms with van der Waals surface area (Å²) >= 11 is 0. The van der Waals surface area contributed by atoms with Crippen molar-refractivity contribution in [1.29, 1.82) is 0 Å². The Labute approximate surface area is 207 Å². The molecular weight excluding hydrogens is 519 g/mol. The second-order valence-electron chi connectivity index (χ2n) is 7.06. The fraction of sp³-hybridized carbons (Fsp3) is 0.250. The van der Waals surface area contributed by atoms with Gasteiger partial charge in [-0.15, -0.1) is 17.9 Å². The normalized spacial score (nSPS) is 12.3. The molecule has 0 amide bonds. The first-order valence-corrected chi connectivity index (χ1v) is 12.3. The van der Waals surface area contributed by atoms with Gasteiger partial charge in [-0.25, -0.2) is 24.3 Å². The summed E-state index contributed by atoms with van der Waals surface area (Å²) in [5, 5.41) is 2.31. The number of quaternary nitrogens is 1. The zero-order valence-electron chi connectivity index (χ0n) is 18.4. The summed E-state index contributed by atoms with van der Waals surface area (Å²) in [4.78, 5) is 0. The maximum atomic E-state index is 9.87. The standard InChI is InChI=1S/C19H22NO.C5H5.F6P.Fe/c1-2-3-4-7-14-21-19-12-10-18(11-13-19)16-20-15-17-8-5-6-9-17;1-2-4-5-3-1;1-7(2,3,4,5)6;/h1,5-6,8-13,20H,3-4,7,14-16H2;1-5H;;/q3*-1;+2/p+1. The quantitative estimate of drug-likeness (QED) is 0.0732. The van der Waals surface area contributed by atoms with Gasteiger partial charge in [0, 0.05) is 12.0 Å². The number of hydrogen-bond donors (Lipinski definition) is 1. The van der Waals surface area contributed by atoms with E-state index in [9.17, 15) is 25.2 Å². The summed E-state index contributed by atoms with van der Waals surface area (Å²) in [5.41, 5.74) is 2.70. The minimum Gasteiger partial charge on any atom is -0.214 e. The van der Waals surface area contributed by atoms with Crippen molar-refractivity contribution in [2.75, 3.05) is 6.61 Å². The molecule has 0 heterocycles. The zero-order chi connectivity index (χ0) is 24.7. The molecule has 0 spiro atoms. The van der Waals surface area contributed by atoms with Crippen LogP contribution >= 0.6 is 7.81 Å². The molecule has 190 valence electrons. The van der Waals surface area contributed by atoms with E-state index in [1.807, 2.05) is 42.5 Å². The van der Waals surface area contributed by atoms with Crippen LogP contribution in [0, 0.1) is 12.3 Å². The number of nitrogens with two attached hydrogens (primary N) is 1. The first-order chi connectivity index (χ1) is 15.3. The molecule has 0 aliphatic rings. The maximum absolute atomic E-state index is 10.7. The molecular formula is C24H28F6FeNOP. The first kappa shape index (κ1) is 31.8. The van der Waals surface area contributed by atoms with E-state index in [4.69, 9.17) is 11.2 Å². The van der Waals surface area contributed by atoms with E-state index in [0.29, 0.717) is 0 Å². The number of terminal acetylenes is 1. The van der Waals surface area contributed by atoms with Crippen LogP contribution in [0.3, 0.4) is 0 Å². The Hall–Kier alpha value is -2.23. The smallest absolute Gasteiger partial charge is 0.214 e. The SMILES string of the molecule is C#CCCCCOc1ccc(C[NH2+]Cc2ccc[cH-]2)cc1.F[P-](F)(F)(F)(F)F.[Fe+2].c1cc[cH-]c1. The van der Waals surface area contributed by atoms with E-state index in [0.717, 1.165) is 44.7 Å². The number of hydrogen-bond acceptors (Lipinski definition) is 1. The summed E-state index contributed by atoms with van der Waals surface area (Å²) in [6.07, 6.45) is 8.10. The van der Waals surface area contributed by atoms with Crippen LogP contribution in [0.25, 0.3) is 0 Å². The predicted molar refractivity (Wildman–Crippen MR) is 122 cm³/mol. The van der Waals surface area contributed by atoms with Gasteiger partial charge in [-0.2, -0.15) is 30.3 Å². The van der Waals surface area contributed by atoms with E-state index in [2.05, 4.69) is 47.6 Å². The number of benzene rings is 1. The molecule has 0 atom stereocenters. The average Bonchev–Trinajstić information content (AvgIpc) is 3.43. The molecule has 0 radical (unpaired) electrons. The van der Waals surface area contributed by atoms with E-state index in [1.165, 1.54) is 11.1 Å². The zero-order valence-corrected chi connectivity index (χ0v) is 20.4. The molecule has 0 saturated heterocycles. The molecule has 2 N–H and O–H groups in total. The fourth-order valence-corrected chi connectivity index (χ4v) is 2.52. The van der Waals surface area contributed by atoms with Crippen molar-refractivity contribution in [1.82, 2.24) is 0 Å². The monoisotopic (exact) mass is 547 g/mol. The van der Waals surface area contributed by atoms with Gasteiger partial charge in [0.15, 0.2) is 0 Å². The third-order valence-electron chi connectivity index (χ3n) is 3.95. The van der Waals surface area contributed by atoms with Gasteiger partial charge in [-0.3, -0.25) is 0 Å². The molecule has 3 aromatic rings. The molecule has 3 aromatic carbocycles. The molecule has 0 aliphatic carbocycles. The summed E-state index contributed by atoms with van der Waals surface area (Å²) in [7, 11) is -10.7. The third-order valence-corrected chi connectivity index (χ3v) is 3.95. The van der Waals surface area contributed by atoms with Gasteiger partial charge >= 0.3 is 50.1 Å². The van der Waals surface area contributed by atoms with Gasteiger partial charge in [0.25, 0.3) is 0 Å². The van der Waals surface area contributed by atoms with Gasteiger partial charge < -0.3 is 10.1 Å². The molecule has 0 fully saturated rings. The van der Waals surface area contributed by atoms with Crippen molar-refractivity contribution in [2.45, 2.75) is 32.4 Å². The van der Waals surface area contributed by atoms with Crippen LogP contribution in [0.1, 0.15) is 30.4 Å². The van der Waals surface area contributed by atoms with Gasteiger partial charge in [0.2, 0.25) is 0 Å². The van der Waals surface area contributed by atoms with Crippen LogP contribution in [0.2, 0.25) is 0 Å². The summed E-state index contributed by atoms with van der Waals surface area (Å²) < 4.78 is 64.9. The van der Waals surface area contributed by atoms with Gasteiger partial charge in [0.1, 0.15) is 12.3 Å². The molecule has 0 unspecified atom stereocenters. The van der Waals surface area contributed by atoms with Gasteiger partial charge in [-0.1, -0.05) is 0 Å². The Bertz CT molecular complexity index is 891. The molecule has 34 heavy (non-hydrogen) atoms. The van der Waals surface area contributed by atoms with Crippen molar-refractivity contribution >= 4 is 7.81 Å². The molecule has 0 aromatic heterocycles. The Kier molecular flexibility index (Phi) is 13.3. The first-order valence-electron chi connectivity index (χ1n) is 10.2. The van der Waals surface area contributed by atoms with Crippen LogP contribution < -0.4 is 10.1 Å². The minimum absolute atomic E-state index is 0. The summed E-state index contributed by atoms with van der Waals surface area (Å²) in [6, 6.07) is 26.9. The van der Waals surface area contributed by atoms with E-state index < -0.39 is 7.81 Å². The molecule has 3 rings (SSSR count). The van der Waals surface area contributed by atoms with Crippen LogP contribution in [0.4, 0.5) is 25.2 Å². The number of unbranched alkanes of at least 4 members (excludes halogenated alkanes) is 2. The Morgan fingerprint density at radius 3 is 1.94 bits per heavy atom. The van der Waals surface area contributed by atoms with Crippen molar-refractivity contribution in [3.8, 4) is 18.1 Å². The predicted octanol–water partition coefficient (Wildman–Crippen LogP) is 7.64. The third kappa shape index (κ3) is 22.9.